The first kappa shape index (κ1) is 19.2. The normalized spacial score (nSPS) is 12.8. The van der Waals surface area contributed by atoms with Crippen molar-refractivity contribution in [2.75, 3.05) is 33.2 Å². The zero-order valence-electron chi connectivity index (χ0n) is 12.6. The van der Waals surface area contributed by atoms with Gasteiger partial charge in [-0.25, -0.2) is 0 Å². The molecule has 7 heteroatoms. The number of hydrogen-bond acceptors (Lipinski definition) is 4. The van der Waals surface area contributed by atoms with E-state index in [4.69, 9.17) is 4.74 Å². The number of nitrogens with zero attached hydrogens (tertiary/aromatic N) is 1. The van der Waals surface area contributed by atoms with Crippen LogP contribution in [0.1, 0.15) is 33.6 Å². The predicted octanol–water partition coefficient (Wildman–Crippen LogP) is 2.19. The number of likely N-dealkylation sites (N-methyl/N-ethyl adjacent to an activating group) is 1. The van der Waals surface area contributed by atoms with Gasteiger partial charge in [-0.15, -0.1) is 0 Å². The van der Waals surface area contributed by atoms with Crippen LogP contribution in [0.25, 0.3) is 0 Å². The molecule has 0 saturated heterocycles. The lowest BCUT2D eigenvalue weighted by atomic mass is 10.2. The summed E-state index contributed by atoms with van der Waals surface area (Å²) in [6.07, 6.45) is -3.74. The molecule has 4 nitrogen and oxygen atoms in total. The van der Waals surface area contributed by atoms with Gasteiger partial charge in [-0.05, 0) is 40.8 Å². The highest BCUT2D eigenvalue weighted by Gasteiger charge is 2.30. The van der Waals surface area contributed by atoms with Crippen molar-refractivity contribution >= 4 is 5.97 Å². The Hall–Kier alpha value is -0.820. The maximum Gasteiger partial charge on any atom is 0.401 e. The van der Waals surface area contributed by atoms with E-state index in [2.05, 4.69) is 5.32 Å². The molecule has 20 heavy (non-hydrogen) atoms. The van der Waals surface area contributed by atoms with Gasteiger partial charge in [0.1, 0.15) is 5.60 Å². The van der Waals surface area contributed by atoms with Crippen LogP contribution in [-0.4, -0.2) is 55.9 Å². The average molecular weight is 298 g/mol. The number of carbonyl (C=O) groups is 1. The van der Waals surface area contributed by atoms with Gasteiger partial charge < -0.3 is 10.1 Å². The molecule has 0 unspecified atom stereocenters. The molecule has 0 saturated carbocycles. The summed E-state index contributed by atoms with van der Waals surface area (Å²) < 4.78 is 42.3. The minimum atomic E-state index is -4.22. The lowest BCUT2D eigenvalue weighted by Crippen LogP contribution is -2.39. The molecule has 0 heterocycles. The first-order chi connectivity index (χ1) is 9.03. The van der Waals surface area contributed by atoms with Crippen LogP contribution in [0.3, 0.4) is 0 Å². The third-order valence-electron chi connectivity index (χ3n) is 2.36. The van der Waals surface area contributed by atoms with Gasteiger partial charge in [-0.3, -0.25) is 9.69 Å². The van der Waals surface area contributed by atoms with Crippen LogP contribution in [0.2, 0.25) is 0 Å². The van der Waals surface area contributed by atoms with Crippen molar-refractivity contribution in [1.29, 1.82) is 0 Å². The van der Waals surface area contributed by atoms with Crippen molar-refractivity contribution in [3.05, 3.63) is 0 Å². The fourth-order valence-corrected chi connectivity index (χ4v) is 1.63. The van der Waals surface area contributed by atoms with Crippen molar-refractivity contribution in [3.63, 3.8) is 0 Å². The van der Waals surface area contributed by atoms with E-state index >= 15 is 0 Å². The van der Waals surface area contributed by atoms with Gasteiger partial charge >= 0.3 is 12.1 Å². The number of nitrogens with one attached hydrogen (secondary N) is 1. The van der Waals surface area contributed by atoms with Gasteiger partial charge in [0.15, 0.2) is 0 Å². The molecule has 0 radical (unpaired) electrons. The highest BCUT2D eigenvalue weighted by molar-refractivity contribution is 5.69. The lowest BCUT2D eigenvalue weighted by Gasteiger charge is -2.24. The van der Waals surface area contributed by atoms with Crippen LogP contribution in [0.15, 0.2) is 0 Å². The standard InChI is InChI=1S/C13H25F3N2O2/c1-12(2,3)20-11(19)6-5-8-18(9-7-17-4)10-13(14,15)16/h17H,5-10H2,1-4H3. The van der Waals surface area contributed by atoms with Gasteiger partial charge in [-0.1, -0.05) is 0 Å². The molecular formula is C13H25F3N2O2. The summed E-state index contributed by atoms with van der Waals surface area (Å²) in [5.41, 5.74) is -0.561. The van der Waals surface area contributed by atoms with Gasteiger partial charge in [-0.2, -0.15) is 13.2 Å². The molecule has 1 N–H and O–H groups in total. The van der Waals surface area contributed by atoms with E-state index in [1.807, 2.05) is 0 Å². The Morgan fingerprint density at radius 3 is 2.25 bits per heavy atom. The highest BCUT2D eigenvalue weighted by atomic mass is 19.4. The number of hydrogen-bond donors (Lipinski definition) is 1. The monoisotopic (exact) mass is 298 g/mol. The summed E-state index contributed by atoms with van der Waals surface area (Å²) in [6.45, 7) is 5.31. The Kier molecular flexibility index (Phi) is 8.12. The largest absolute Gasteiger partial charge is 0.460 e. The minimum absolute atomic E-state index is 0.130. The molecule has 120 valence electrons. The Balaban J connectivity index is 4.09. The molecule has 0 spiro atoms. The van der Waals surface area contributed by atoms with Gasteiger partial charge in [0.05, 0.1) is 6.54 Å². The first-order valence-electron chi connectivity index (χ1n) is 6.69. The topological polar surface area (TPSA) is 41.6 Å². The van der Waals surface area contributed by atoms with E-state index in [9.17, 15) is 18.0 Å². The van der Waals surface area contributed by atoms with Crippen molar-refractivity contribution in [3.8, 4) is 0 Å². The number of rotatable bonds is 8. The molecule has 0 rings (SSSR count). The average Bonchev–Trinajstić information content (AvgIpc) is 2.21. The maximum absolute atomic E-state index is 12.4. The van der Waals surface area contributed by atoms with Crippen molar-refractivity contribution < 1.29 is 22.7 Å². The summed E-state index contributed by atoms with van der Waals surface area (Å²) in [4.78, 5) is 12.8. The second-order valence-corrected chi connectivity index (χ2v) is 5.68. The SMILES string of the molecule is CNCCN(CCCC(=O)OC(C)(C)C)CC(F)(F)F. The van der Waals surface area contributed by atoms with E-state index in [-0.39, 0.29) is 18.9 Å². The number of esters is 1. The molecule has 0 aromatic carbocycles. The van der Waals surface area contributed by atoms with E-state index in [1.54, 1.807) is 27.8 Å². The summed E-state index contributed by atoms with van der Waals surface area (Å²) in [5, 5.41) is 2.81. The Bertz CT molecular complexity index is 288. The number of alkyl halides is 3. The van der Waals surface area contributed by atoms with Crippen LogP contribution in [-0.2, 0) is 9.53 Å². The Morgan fingerprint density at radius 2 is 1.80 bits per heavy atom. The van der Waals surface area contributed by atoms with E-state index < -0.39 is 18.3 Å². The minimum Gasteiger partial charge on any atom is -0.460 e. The Morgan fingerprint density at radius 1 is 1.20 bits per heavy atom. The first-order valence-corrected chi connectivity index (χ1v) is 6.69. The van der Waals surface area contributed by atoms with E-state index in [0.29, 0.717) is 19.5 Å². The molecule has 0 aliphatic heterocycles. The van der Waals surface area contributed by atoms with Crippen LogP contribution >= 0.6 is 0 Å². The third kappa shape index (κ3) is 12.2. The van der Waals surface area contributed by atoms with Crippen LogP contribution < -0.4 is 5.32 Å². The maximum atomic E-state index is 12.4. The highest BCUT2D eigenvalue weighted by Crippen LogP contribution is 2.17. The second-order valence-electron chi connectivity index (χ2n) is 5.68. The molecule has 0 aliphatic rings. The summed E-state index contributed by atoms with van der Waals surface area (Å²) in [5.74, 6) is -0.377. The molecule has 0 fully saturated rings. The molecule has 0 amide bonds. The summed E-state index contributed by atoms with van der Waals surface area (Å²) >= 11 is 0. The van der Waals surface area contributed by atoms with E-state index in [0.717, 1.165) is 0 Å². The van der Waals surface area contributed by atoms with Crippen molar-refractivity contribution in [2.24, 2.45) is 0 Å². The molecular weight excluding hydrogens is 273 g/mol. The predicted molar refractivity (Wildman–Crippen MR) is 71.5 cm³/mol. The van der Waals surface area contributed by atoms with Crippen LogP contribution in [0.4, 0.5) is 13.2 Å². The smallest absolute Gasteiger partial charge is 0.401 e. The Labute approximate surface area is 118 Å². The van der Waals surface area contributed by atoms with Gasteiger partial charge in [0.25, 0.3) is 0 Å². The van der Waals surface area contributed by atoms with Gasteiger partial charge in [0, 0.05) is 19.5 Å². The number of carbonyl (C=O) groups excluding carboxylic acids is 1. The number of ether oxygens (including phenoxy) is 1. The molecule has 0 bridgehead atoms. The summed E-state index contributed by atoms with van der Waals surface area (Å²) in [6, 6.07) is 0. The summed E-state index contributed by atoms with van der Waals surface area (Å²) in [7, 11) is 1.69. The zero-order chi connectivity index (χ0) is 15.8. The molecule has 0 aromatic rings. The van der Waals surface area contributed by atoms with Crippen molar-refractivity contribution in [1.82, 2.24) is 10.2 Å². The van der Waals surface area contributed by atoms with Crippen molar-refractivity contribution in [2.45, 2.75) is 45.4 Å². The molecule has 0 atom stereocenters. The third-order valence-corrected chi connectivity index (χ3v) is 2.36. The zero-order valence-corrected chi connectivity index (χ0v) is 12.6. The second kappa shape index (κ2) is 8.46. The van der Waals surface area contributed by atoms with Crippen LogP contribution in [0.5, 0.6) is 0 Å². The quantitative estimate of drug-likeness (QED) is 0.698. The van der Waals surface area contributed by atoms with Gasteiger partial charge in [0.2, 0.25) is 0 Å². The van der Waals surface area contributed by atoms with Crippen LogP contribution in [0, 0.1) is 0 Å². The van der Waals surface area contributed by atoms with E-state index in [1.165, 1.54) is 4.90 Å². The number of halogens is 3. The molecule has 0 aromatic heterocycles. The fourth-order valence-electron chi connectivity index (χ4n) is 1.63. The molecule has 0 aliphatic carbocycles. The fraction of sp³-hybridized carbons (Fsp3) is 0.923. The lowest BCUT2D eigenvalue weighted by molar-refractivity contribution is -0.155.